The number of hydrogen-bond donors (Lipinski definition) is 2. The summed E-state index contributed by atoms with van der Waals surface area (Å²) < 4.78 is 4.70. The predicted molar refractivity (Wildman–Crippen MR) is 45.7 cm³/mol. The van der Waals surface area contributed by atoms with Crippen LogP contribution in [0.4, 0.5) is 0 Å². The van der Waals surface area contributed by atoms with E-state index in [0.29, 0.717) is 18.8 Å². The van der Waals surface area contributed by atoms with Gasteiger partial charge in [-0.3, -0.25) is 4.79 Å². The molecule has 0 bridgehead atoms. The molecule has 0 unspecified atom stereocenters. The van der Waals surface area contributed by atoms with Crippen molar-refractivity contribution in [3.05, 3.63) is 11.8 Å². The van der Waals surface area contributed by atoms with Gasteiger partial charge in [-0.2, -0.15) is 0 Å². The van der Waals surface area contributed by atoms with Crippen molar-refractivity contribution in [3.8, 4) is 0 Å². The predicted octanol–water partition coefficient (Wildman–Crippen LogP) is -0.847. The lowest BCUT2D eigenvalue weighted by Gasteiger charge is -2.17. The fourth-order valence-corrected chi connectivity index (χ4v) is 0.941. The van der Waals surface area contributed by atoms with E-state index in [1.165, 1.54) is 6.08 Å². The second kappa shape index (κ2) is 4.49. The standard InChI is InChI=1S/C8H12N2O3/c1-2-13-8(12)3-6-4-10-7(11)5-9-6/h3,9H,2,4-5H2,1H3,(H,10,11). The van der Waals surface area contributed by atoms with Gasteiger partial charge in [0.1, 0.15) is 0 Å². The highest BCUT2D eigenvalue weighted by atomic mass is 16.5. The Morgan fingerprint density at radius 3 is 2.85 bits per heavy atom. The van der Waals surface area contributed by atoms with Gasteiger partial charge in [0.2, 0.25) is 5.91 Å². The van der Waals surface area contributed by atoms with E-state index in [2.05, 4.69) is 10.6 Å². The molecule has 0 atom stereocenters. The molecule has 1 aliphatic rings. The summed E-state index contributed by atoms with van der Waals surface area (Å²) in [6.45, 7) is 2.67. The van der Waals surface area contributed by atoms with Crippen LogP contribution in [0.2, 0.25) is 0 Å². The van der Waals surface area contributed by atoms with E-state index in [-0.39, 0.29) is 18.4 Å². The molecule has 13 heavy (non-hydrogen) atoms. The van der Waals surface area contributed by atoms with Crippen LogP contribution >= 0.6 is 0 Å². The minimum Gasteiger partial charge on any atom is -0.463 e. The molecule has 0 spiro atoms. The second-order valence-electron chi connectivity index (χ2n) is 2.55. The summed E-state index contributed by atoms with van der Waals surface area (Å²) >= 11 is 0. The summed E-state index contributed by atoms with van der Waals surface area (Å²) in [7, 11) is 0. The highest BCUT2D eigenvalue weighted by Crippen LogP contribution is 1.93. The molecule has 0 aromatic rings. The van der Waals surface area contributed by atoms with E-state index < -0.39 is 0 Å². The zero-order chi connectivity index (χ0) is 9.68. The number of hydrogen-bond acceptors (Lipinski definition) is 4. The summed E-state index contributed by atoms with van der Waals surface area (Å²) in [6.07, 6.45) is 1.35. The number of piperazine rings is 1. The van der Waals surface area contributed by atoms with Crippen molar-refractivity contribution >= 4 is 11.9 Å². The molecule has 1 saturated heterocycles. The molecule has 0 aliphatic carbocycles. The molecule has 1 amide bonds. The Bertz CT molecular complexity index is 236. The van der Waals surface area contributed by atoms with Gasteiger partial charge in [-0.05, 0) is 6.92 Å². The number of amides is 1. The summed E-state index contributed by atoms with van der Waals surface area (Å²) in [4.78, 5) is 21.6. The van der Waals surface area contributed by atoms with E-state index in [9.17, 15) is 9.59 Å². The van der Waals surface area contributed by atoms with Crippen molar-refractivity contribution in [2.45, 2.75) is 6.92 Å². The van der Waals surface area contributed by atoms with Gasteiger partial charge in [-0.1, -0.05) is 0 Å². The summed E-state index contributed by atoms with van der Waals surface area (Å²) in [5, 5.41) is 5.41. The Morgan fingerprint density at radius 2 is 2.31 bits per heavy atom. The lowest BCUT2D eigenvalue weighted by molar-refractivity contribution is -0.137. The van der Waals surface area contributed by atoms with Gasteiger partial charge in [0, 0.05) is 11.8 Å². The van der Waals surface area contributed by atoms with Crippen molar-refractivity contribution in [1.29, 1.82) is 0 Å². The van der Waals surface area contributed by atoms with Crippen molar-refractivity contribution in [2.24, 2.45) is 0 Å². The summed E-state index contributed by atoms with van der Waals surface area (Å²) in [5.74, 6) is -0.456. The Morgan fingerprint density at radius 1 is 1.54 bits per heavy atom. The van der Waals surface area contributed by atoms with Gasteiger partial charge in [0.05, 0.1) is 19.7 Å². The maximum absolute atomic E-state index is 10.9. The van der Waals surface area contributed by atoms with Crippen LogP contribution in [0.5, 0.6) is 0 Å². The Balaban J connectivity index is 2.43. The maximum atomic E-state index is 10.9. The number of carbonyl (C=O) groups is 2. The molecule has 2 N–H and O–H groups in total. The lowest BCUT2D eigenvalue weighted by Crippen LogP contribution is -2.43. The Labute approximate surface area is 76.1 Å². The molecule has 0 saturated carbocycles. The van der Waals surface area contributed by atoms with E-state index in [0.717, 1.165) is 0 Å². The molecule has 1 fully saturated rings. The van der Waals surface area contributed by atoms with Gasteiger partial charge >= 0.3 is 5.97 Å². The molecular formula is C8H12N2O3. The van der Waals surface area contributed by atoms with Gasteiger partial charge in [0.25, 0.3) is 0 Å². The molecule has 0 aromatic heterocycles. The Hall–Kier alpha value is -1.52. The molecule has 1 heterocycles. The van der Waals surface area contributed by atoms with Gasteiger partial charge in [-0.25, -0.2) is 4.79 Å². The molecule has 1 aliphatic heterocycles. The SMILES string of the molecule is CCOC(=O)C=C1CNC(=O)CN1. The van der Waals surface area contributed by atoms with Gasteiger partial charge < -0.3 is 15.4 Å². The monoisotopic (exact) mass is 184 g/mol. The van der Waals surface area contributed by atoms with Crippen LogP contribution in [0.15, 0.2) is 11.8 Å². The molecule has 5 heteroatoms. The largest absolute Gasteiger partial charge is 0.463 e. The maximum Gasteiger partial charge on any atom is 0.332 e. The lowest BCUT2D eigenvalue weighted by atomic mass is 10.3. The average molecular weight is 184 g/mol. The van der Waals surface area contributed by atoms with Crippen LogP contribution < -0.4 is 10.6 Å². The first kappa shape index (κ1) is 9.57. The van der Waals surface area contributed by atoms with Crippen molar-refractivity contribution < 1.29 is 14.3 Å². The van der Waals surface area contributed by atoms with Crippen LogP contribution in [0.1, 0.15) is 6.92 Å². The first-order valence-corrected chi connectivity index (χ1v) is 4.10. The number of esters is 1. The summed E-state index contributed by atoms with van der Waals surface area (Å²) in [5.41, 5.74) is 0.679. The highest BCUT2D eigenvalue weighted by molar-refractivity contribution is 5.84. The van der Waals surface area contributed by atoms with Crippen molar-refractivity contribution in [1.82, 2.24) is 10.6 Å². The van der Waals surface area contributed by atoms with Crippen LogP contribution in [-0.2, 0) is 14.3 Å². The first-order chi connectivity index (χ1) is 6.22. The van der Waals surface area contributed by atoms with Crippen molar-refractivity contribution in [3.63, 3.8) is 0 Å². The molecule has 1 rings (SSSR count). The van der Waals surface area contributed by atoms with E-state index in [4.69, 9.17) is 4.74 Å². The fourth-order valence-electron chi connectivity index (χ4n) is 0.941. The molecule has 0 aromatic carbocycles. The number of nitrogens with one attached hydrogen (secondary N) is 2. The third-order valence-corrected chi connectivity index (χ3v) is 1.53. The fraction of sp³-hybridized carbons (Fsp3) is 0.500. The smallest absolute Gasteiger partial charge is 0.332 e. The van der Waals surface area contributed by atoms with E-state index in [1.807, 2.05) is 0 Å². The van der Waals surface area contributed by atoms with Gasteiger partial charge in [0.15, 0.2) is 0 Å². The van der Waals surface area contributed by atoms with E-state index >= 15 is 0 Å². The van der Waals surface area contributed by atoms with Crippen LogP contribution in [0.25, 0.3) is 0 Å². The zero-order valence-corrected chi connectivity index (χ0v) is 7.42. The van der Waals surface area contributed by atoms with E-state index in [1.54, 1.807) is 6.92 Å². The molecular weight excluding hydrogens is 172 g/mol. The topological polar surface area (TPSA) is 67.4 Å². The van der Waals surface area contributed by atoms with Crippen molar-refractivity contribution in [2.75, 3.05) is 19.7 Å². The summed E-state index contributed by atoms with van der Waals surface area (Å²) in [6, 6.07) is 0. The molecule has 5 nitrogen and oxygen atoms in total. The van der Waals surface area contributed by atoms with Crippen LogP contribution in [0, 0.1) is 0 Å². The minimum atomic E-state index is -0.388. The second-order valence-corrected chi connectivity index (χ2v) is 2.55. The number of carbonyl (C=O) groups excluding carboxylic acids is 2. The minimum absolute atomic E-state index is 0.0685. The third kappa shape index (κ3) is 3.14. The molecule has 72 valence electrons. The first-order valence-electron chi connectivity index (χ1n) is 4.10. The number of ether oxygens (including phenoxy) is 1. The molecule has 0 radical (unpaired) electrons. The number of rotatable bonds is 2. The van der Waals surface area contributed by atoms with Crippen LogP contribution in [-0.4, -0.2) is 31.6 Å². The third-order valence-electron chi connectivity index (χ3n) is 1.53. The quantitative estimate of drug-likeness (QED) is 0.433. The zero-order valence-electron chi connectivity index (χ0n) is 7.42. The van der Waals surface area contributed by atoms with Gasteiger partial charge in [-0.15, -0.1) is 0 Å². The average Bonchev–Trinajstić information content (AvgIpc) is 2.09. The highest BCUT2D eigenvalue weighted by Gasteiger charge is 2.11. The van der Waals surface area contributed by atoms with Crippen LogP contribution in [0.3, 0.4) is 0 Å². The Kier molecular flexibility index (Phi) is 3.31. The normalized spacial score (nSPS) is 19.2.